The summed E-state index contributed by atoms with van der Waals surface area (Å²) in [7, 11) is 1.78. The molecule has 0 unspecified atom stereocenters. The normalized spacial score (nSPS) is 16.2. The number of carbonyl (C=O) groups excluding carboxylic acids is 1. The minimum Gasteiger partial charge on any atom is -0.344 e. The summed E-state index contributed by atoms with van der Waals surface area (Å²) >= 11 is 1.71. The monoisotopic (exact) mass is 338 g/mol. The van der Waals surface area contributed by atoms with Gasteiger partial charge in [-0.15, -0.1) is 11.3 Å². The number of hydrogen-bond acceptors (Lipinski definition) is 4. The lowest BCUT2D eigenvalue weighted by Gasteiger charge is -2.14. The summed E-state index contributed by atoms with van der Waals surface area (Å²) in [6.07, 6.45) is 5.45. The highest BCUT2D eigenvalue weighted by Gasteiger charge is 2.25. The van der Waals surface area contributed by atoms with Crippen LogP contribution in [0.5, 0.6) is 0 Å². The van der Waals surface area contributed by atoms with E-state index in [4.69, 9.17) is 0 Å². The molecule has 1 aliphatic carbocycles. The average molecular weight is 338 g/mol. The Bertz CT molecular complexity index is 911. The van der Waals surface area contributed by atoms with Crippen molar-refractivity contribution in [1.29, 1.82) is 0 Å². The molecule has 1 aliphatic rings. The standard InChI is InChI=1S/C18H18N4OS/c1-11-10-19-18(24-11)13-3-5-14-12(9-13)4-6-15(14)21-17(23)16-7-8-20-22(16)2/h3,5,7-10,15H,4,6H2,1-2H3,(H,21,23)/t15-/m1/s1. The van der Waals surface area contributed by atoms with Crippen molar-refractivity contribution in [3.8, 4) is 10.6 Å². The summed E-state index contributed by atoms with van der Waals surface area (Å²) < 4.78 is 1.60. The van der Waals surface area contributed by atoms with E-state index in [1.807, 2.05) is 6.20 Å². The molecule has 6 heteroatoms. The van der Waals surface area contributed by atoms with E-state index in [1.165, 1.54) is 16.0 Å². The first kappa shape index (κ1) is 15.1. The number of amides is 1. The van der Waals surface area contributed by atoms with E-state index in [2.05, 4.69) is 40.5 Å². The lowest BCUT2D eigenvalue weighted by atomic mass is 10.0. The highest BCUT2D eigenvalue weighted by atomic mass is 32.1. The lowest BCUT2D eigenvalue weighted by molar-refractivity contribution is 0.0927. The van der Waals surface area contributed by atoms with Crippen molar-refractivity contribution < 1.29 is 4.79 Å². The number of nitrogens with one attached hydrogen (secondary N) is 1. The van der Waals surface area contributed by atoms with Crippen molar-refractivity contribution in [1.82, 2.24) is 20.1 Å². The molecule has 0 spiro atoms. The van der Waals surface area contributed by atoms with Crippen LogP contribution in [0, 0.1) is 6.92 Å². The molecule has 2 aromatic heterocycles. The highest BCUT2D eigenvalue weighted by molar-refractivity contribution is 7.14. The van der Waals surface area contributed by atoms with Crippen molar-refractivity contribution >= 4 is 17.2 Å². The molecule has 0 aliphatic heterocycles. The number of nitrogens with zero attached hydrogens (tertiary/aromatic N) is 3. The molecular weight excluding hydrogens is 320 g/mol. The molecule has 0 saturated carbocycles. The first-order valence-electron chi connectivity index (χ1n) is 7.96. The van der Waals surface area contributed by atoms with Gasteiger partial charge in [-0.05, 0) is 43.0 Å². The van der Waals surface area contributed by atoms with Crippen LogP contribution in [0.15, 0.2) is 36.7 Å². The van der Waals surface area contributed by atoms with Crippen LogP contribution in [0.2, 0.25) is 0 Å². The molecule has 1 N–H and O–H groups in total. The molecule has 1 aromatic carbocycles. The molecule has 0 radical (unpaired) electrons. The molecule has 0 saturated heterocycles. The van der Waals surface area contributed by atoms with Crippen LogP contribution in [-0.2, 0) is 13.5 Å². The van der Waals surface area contributed by atoms with Gasteiger partial charge < -0.3 is 5.32 Å². The smallest absolute Gasteiger partial charge is 0.270 e. The molecule has 3 aromatic rings. The average Bonchev–Trinajstić information content (AvgIpc) is 3.27. The van der Waals surface area contributed by atoms with E-state index < -0.39 is 0 Å². The molecular formula is C18H18N4OS. The van der Waals surface area contributed by atoms with Crippen LogP contribution in [-0.4, -0.2) is 20.7 Å². The minimum atomic E-state index is -0.0764. The minimum absolute atomic E-state index is 0.0643. The molecule has 4 rings (SSSR count). The van der Waals surface area contributed by atoms with E-state index in [9.17, 15) is 4.79 Å². The SMILES string of the molecule is Cc1cnc(-c2ccc3c(c2)CC[C@H]3NC(=O)c2ccnn2C)s1. The van der Waals surface area contributed by atoms with Crippen molar-refractivity contribution in [2.24, 2.45) is 7.05 Å². The number of benzene rings is 1. The van der Waals surface area contributed by atoms with Crippen molar-refractivity contribution in [2.75, 3.05) is 0 Å². The number of carbonyl (C=O) groups is 1. The first-order valence-corrected chi connectivity index (χ1v) is 8.78. The summed E-state index contributed by atoms with van der Waals surface area (Å²) in [6.45, 7) is 2.07. The van der Waals surface area contributed by atoms with Gasteiger partial charge in [0, 0.05) is 29.9 Å². The third-order valence-corrected chi connectivity index (χ3v) is 5.41. The Kier molecular flexibility index (Phi) is 3.69. The third-order valence-electron chi connectivity index (χ3n) is 4.45. The van der Waals surface area contributed by atoms with Gasteiger partial charge in [0.15, 0.2) is 0 Å². The van der Waals surface area contributed by atoms with Gasteiger partial charge in [0.05, 0.1) is 6.04 Å². The number of rotatable bonds is 3. The van der Waals surface area contributed by atoms with E-state index in [-0.39, 0.29) is 11.9 Å². The van der Waals surface area contributed by atoms with Gasteiger partial charge >= 0.3 is 0 Å². The maximum Gasteiger partial charge on any atom is 0.270 e. The number of hydrogen-bond donors (Lipinski definition) is 1. The summed E-state index contributed by atoms with van der Waals surface area (Å²) in [5.41, 5.74) is 4.25. The maximum atomic E-state index is 12.4. The highest BCUT2D eigenvalue weighted by Crippen LogP contribution is 2.35. The van der Waals surface area contributed by atoms with E-state index in [0.29, 0.717) is 5.69 Å². The Morgan fingerprint density at radius 3 is 2.96 bits per heavy atom. The zero-order valence-electron chi connectivity index (χ0n) is 13.6. The number of fused-ring (bicyclic) bond motifs is 1. The van der Waals surface area contributed by atoms with Gasteiger partial charge in [-0.25, -0.2) is 4.98 Å². The Morgan fingerprint density at radius 1 is 1.38 bits per heavy atom. The second kappa shape index (κ2) is 5.87. The maximum absolute atomic E-state index is 12.4. The van der Waals surface area contributed by atoms with Crippen LogP contribution < -0.4 is 5.32 Å². The van der Waals surface area contributed by atoms with Gasteiger partial charge in [0.25, 0.3) is 5.91 Å². The summed E-state index contributed by atoms with van der Waals surface area (Å²) in [6, 6.07) is 8.24. The zero-order valence-corrected chi connectivity index (χ0v) is 14.4. The van der Waals surface area contributed by atoms with E-state index in [1.54, 1.807) is 35.3 Å². The molecule has 24 heavy (non-hydrogen) atoms. The van der Waals surface area contributed by atoms with Crippen LogP contribution in [0.3, 0.4) is 0 Å². The molecule has 0 fully saturated rings. The Hall–Kier alpha value is -2.47. The zero-order chi connectivity index (χ0) is 16.7. The van der Waals surface area contributed by atoms with Crippen LogP contribution in [0.4, 0.5) is 0 Å². The molecule has 1 atom stereocenters. The van der Waals surface area contributed by atoms with E-state index in [0.717, 1.165) is 23.4 Å². The topological polar surface area (TPSA) is 59.8 Å². The summed E-state index contributed by atoms with van der Waals surface area (Å²) in [5.74, 6) is -0.0764. The van der Waals surface area contributed by atoms with Crippen LogP contribution in [0.25, 0.3) is 10.6 Å². The molecule has 0 bridgehead atoms. The Balaban J connectivity index is 1.56. The van der Waals surface area contributed by atoms with Gasteiger partial charge in [-0.2, -0.15) is 5.10 Å². The molecule has 122 valence electrons. The second-order valence-electron chi connectivity index (χ2n) is 6.09. The number of aromatic nitrogens is 3. The van der Waals surface area contributed by atoms with Crippen molar-refractivity contribution in [3.63, 3.8) is 0 Å². The van der Waals surface area contributed by atoms with Crippen LogP contribution >= 0.6 is 11.3 Å². The van der Waals surface area contributed by atoms with E-state index >= 15 is 0 Å². The number of thiazole rings is 1. The third kappa shape index (κ3) is 2.63. The second-order valence-corrected chi connectivity index (χ2v) is 7.33. The number of aryl methyl sites for hydroxylation is 3. The van der Waals surface area contributed by atoms with Crippen molar-refractivity contribution in [2.45, 2.75) is 25.8 Å². The van der Waals surface area contributed by atoms with Gasteiger partial charge in [0.2, 0.25) is 0 Å². The lowest BCUT2D eigenvalue weighted by Crippen LogP contribution is -2.28. The molecule has 5 nitrogen and oxygen atoms in total. The fourth-order valence-corrected chi connectivity index (χ4v) is 3.98. The Labute approximate surface area is 144 Å². The first-order chi connectivity index (χ1) is 11.6. The summed E-state index contributed by atoms with van der Waals surface area (Å²) in [4.78, 5) is 18.1. The Morgan fingerprint density at radius 2 is 2.25 bits per heavy atom. The quantitative estimate of drug-likeness (QED) is 0.797. The fraction of sp³-hybridized carbons (Fsp3) is 0.278. The van der Waals surface area contributed by atoms with Crippen molar-refractivity contribution in [3.05, 3.63) is 58.4 Å². The summed E-state index contributed by atoms with van der Waals surface area (Å²) in [5, 5.41) is 8.24. The van der Waals surface area contributed by atoms with Crippen LogP contribution in [0.1, 0.15) is 39.0 Å². The molecule has 2 heterocycles. The predicted molar refractivity (Wildman–Crippen MR) is 94.0 cm³/mol. The van der Waals surface area contributed by atoms with Gasteiger partial charge in [-0.1, -0.05) is 12.1 Å². The fourth-order valence-electron chi connectivity index (χ4n) is 3.22. The molecule has 1 amide bonds. The largest absolute Gasteiger partial charge is 0.344 e. The van der Waals surface area contributed by atoms with Gasteiger partial charge in [0.1, 0.15) is 10.7 Å². The predicted octanol–water partition coefficient (Wildman–Crippen LogP) is 3.27. The van der Waals surface area contributed by atoms with Gasteiger partial charge in [-0.3, -0.25) is 9.48 Å².